The molecule has 0 fully saturated rings. The van der Waals surface area contributed by atoms with E-state index in [-0.39, 0.29) is 23.5 Å². The van der Waals surface area contributed by atoms with Crippen LogP contribution in [-0.2, 0) is 12.8 Å². The normalized spacial score (nSPS) is 11.8. The Kier molecular flexibility index (Phi) is 6.74. The highest BCUT2D eigenvalue weighted by atomic mass is 19.1. The van der Waals surface area contributed by atoms with Crippen LogP contribution in [0.15, 0.2) is 0 Å². The number of rotatable bonds is 5. The molecular weight excluding hydrogens is 350 g/mol. The summed E-state index contributed by atoms with van der Waals surface area (Å²) in [6, 6.07) is 0. The molecule has 28 heavy (non-hydrogen) atoms. The van der Waals surface area contributed by atoms with Crippen LogP contribution < -0.4 is 0 Å². The van der Waals surface area contributed by atoms with Crippen molar-refractivity contribution in [3.05, 3.63) is 56.1 Å². The van der Waals surface area contributed by atoms with Crippen molar-refractivity contribution in [1.82, 2.24) is 0 Å². The molecule has 0 unspecified atom stereocenters. The first-order valence-electron chi connectivity index (χ1n) is 10.6. The van der Waals surface area contributed by atoms with Crippen molar-refractivity contribution < 1.29 is 8.78 Å². The Balaban J connectivity index is 3.12. The molecule has 0 amide bonds. The van der Waals surface area contributed by atoms with Gasteiger partial charge in [0.05, 0.1) is 0 Å². The minimum atomic E-state index is -0.139. The van der Waals surface area contributed by atoms with Gasteiger partial charge in [-0.1, -0.05) is 41.5 Å². The molecule has 2 rings (SSSR count). The number of hydrogen-bond acceptors (Lipinski definition) is 0. The van der Waals surface area contributed by atoms with Gasteiger partial charge < -0.3 is 0 Å². The van der Waals surface area contributed by atoms with E-state index in [0.29, 0.717) is 17.5 Å². The van der Waals surface area contributed by atoms with Gasteiger partial charge in [-0.25, -0.2) is 8.78 Å². The van der Waals surface area contributed by atoms with Crippen molar-refractivity contribution in [1.29, 1.82) is 0 Å². The molecule has 0 spiro atoms. The van der Waals surface area contributed by atoms with Crippen molar-refractivity contribution in [2.45, 2.75) is 93.9 Å². The van der Waals surface area contributed by atoms with Crippen LogP contribution in [0.3, 0.4) is 0 Å². The monoisotopic (exact) mass is 386 g/mol. The van der Waals surface area contributed by atoms with Crippen LogP contribution in [0.4, 0.5) is 8.78 Å². The van der Waals surface area contributed by atoms with Crippen LogP contribution in [0, 0.1) is 39.3 Å². The summed E-state index contributed by atoms with van der Waals surface area (Å²) in [5.74, 6) is 0.0905. The zero-order valence-electron chi connectivity index (χ0n) is 19.3. The molecule has 2 aromatic carbocycles. The van der Waals surface area contributed by atoms with Gasteiger partial charge in [0.1, 0.15) is 11.6 Å². The Morgan fingerprint density at radius 2 is 1.04 bits per heavy atom. The lowest BCUT2D eigenvalue weighted by molar-refractivity contribution is 0.586. The first-order valence-corrected chi connectivity index (χ1v) is 10.6. The van der Waals surface area contributed by atoms with Crippen LogP contribution in [0.1, 0.15) is 97.9 Å². The first kappa shape index (κ1) is 22.6. The average Bonchev–Trinajstić information content (AvgIpc) is 2.62. The summed E-state index contributed by atoms with van der Waals surface area (Å²) < 4.78 is 30.9. The molecule has 0 saturated carbocycles. The van der Waals surface area contributed by atoms with Crippen LogP contribution in [0.2, 0.25) is 0 Å². The summed E-state index contributed by atoms with van der Waals surface area (Å²) in [4.78, 5) is 0. The quantitative estimate of drug-likeness (QED) is 0.485. The summed E-state index contributed by atoms with van der Waals surface area (Å²) >= 11 is 0. The minimum absolute atomic E-state index is 0.113. The standard InChI is InChI=1S/C26H36F2/c1-11-19-20(12-2)25(27)18(10)24(22(19)14(5)6)23-16(8)15(7)21(13(3)4)26(28)17(23)9/h13-14H,11-12H2,1-10H3. The molecule has 0 nitrogen and oxygen atoms in total. The summed E-state index contributed by atoms with van der Waals surface area (Å²) in [6.45, 7) is 20.2. The maximum absolute atomic E-state index is 15.4. The third-order valence-electron chi connectivity index (χ3n) is 6.32. The fourth-order valence-electron chi connectivity index (χ4n) is 4.92. The van der Waals surface area contributed by atoms with Crippen LogP contribution in [0.5, 0.6) is 0 Å². The number of hydrogen-bond donors (Lipinski definition) is 0. The zero-order chi connectivity index (χ0) is 21.5. The lowest BCUT2D eigenvalue weighted by Crippen LogP contribution is -2.12. The van der Waals surface area contributed by atoms with E-state index in [1.54, 1.807) is 0 Å². The minimum Gasteiger partial charge on any atom is -0.206 e. The Morgan fingerprint density at radius 3 is 1.46 bits per heavy atom. The lowest BCUT2D eigenvalue weighted by atomic mass is 9.77. The van der Waals surface area contributed by atoms with Crippen molar-refractivity contribution in [2.75, 3.05) is 0 Å². The number of benzene rings is 2. The maximum atomic E-state index is 15.4. The molecule has 2 heteroatoms. The van der Waals surface area contributed by atoms with E-state index in [4.69, 9.17) is 0 Å². The van der Waals surface area contributed by atoms with Crippen molar-refractivity contribution in [3.63, 3.8) is 0 Å². The maximum Gasteiger partial charge on any atom is 0.130 e. The third-order valence-corrected chi connectivity index (χ3v) is 6.32. The van der Waals surface area contributed by atoms with Gasteiger partial charge in [0.15, 0.2) is 0 Å². The van der Waals surface area contributed by atoms with E-state index in [9.17, 15) is 0 Å². The molecule has 0 radical (unpaired) electrons. The van der Waals surface area contributed by atoms with Gasteiger partial charge in [-0.15, -0.1) is 0 Å². The van der Waals surface area contributed by atoms with Gasteiger partial charge in [-0.3, -0.25) is 0 Å². The highest BCUT2D eigenvalue weighted by Gasteiger charge is 2.27. The molecule has 2 aromatic rings. The SMILES string of the molecule is CCc1c(F)c(C)c(-c2c(C)c(C)c(C(C)C)c(F)c2C)c(C(C)C)c1CC. The van der Waals surface area contributed by atoms with E-state index in [1.807, 2.05) is 41.5 Å². The largest absolute Gasteiger partial charge is 0.206 e. The summed E-state index contributed by atoms with van der Waals surface area (Å²) in [7, 11) is 0. The van der Waals surface area contributed by atoms with E-state index >= 15 is 8.78 Å². The van der Waals surface area contributed by atoms with Crippen LogP contribution >= 0.6 is 0 Å². The Hall–Kier alpha value is -1.70. The van der Waals surface area contributed by atoms with Gasteiger partial charge in [0.25, 0.3) is 0 Å². The second-order valence-corrected chi connectivity index (χ2v) is 8.68. The highest BCUT2D eigenvalue weighted by molar-refractivity contribution is 5.81. The predicted molar refractivity (Wildman–Crippen MR) is 118 cm³/mol. The molecule has 0 saturated heterocycles. The van der Waals surface area contributed by atoms with Gasteiger partial charge in [0.2, 0.25) is 0 Å². The average molecular weight is 387 g/mol. The lowest BCUT2D eigenvalue weighted by Gasteiger charge is -2.28. The van der Waals surface area contributed by atoms with Gasteiger partial charge in [-0.2, -0.15) is 0 Å². The van der Waals surface area contributed by atoms with Crippen molar-refractivity contribution in [3.8, 4) is 11.1 Å². The summed E-state index contributed by atoms with van der Waals surface area (Å²) in [5, 5.41) is 0. The summed E-state index contributed by atoms with van der Waals surface area (Å²) in [5.41, 5.74) is 9.02. The molecule has 0 atom stereocenters. The Bertz CT molecular complexity index is 873. The Labute approximate surface area is 170 Å². The molecule has 0 heterocycles. The van der Waals surface area contributed by atoms with Crippen LogP contribution in [-0.4, -0.2) is 0 Å². The molecule has 0 aromatic heterocycles. The fourth-order valence-corrected chi connectivity index (χ4v) is 4.92. The highest BCUT2D eigenvalue weighted by Crippen LogP contribution is 2.44. The number of halogens is 2. The third kappa shape index (κ3) is 3.40. The van der Waals surface area contributed by atoms with Crippen molar-refractivity contribution >= 4 is 0 Å². The molecule has 154 valence electrons. The van der Waals surface area contributed by atoms with Gasteiger partial charge in [0, 0.05) is 0 Å². The zero-order valence-corrected chi connectivity index (χ0v) is 19.3. The predicted octanol–water partition coefficient (Wildman–Crippen LogP) is 8.24. The second-order valence-electron chi connectivity index (χ2n) is 8.68. The fraction of sp³-hybridized carbons (Fsp3) is 0.538. The van der Waals surface area contributed by atoms with Gasteiger partial charge >= 0.3 is 0 Å². The molecule has 0 N–H and O–H groups in total. The second kappa shape index (κ2) is 8.35. The van der Waals surface area contributed by atoms with E-state index in [1.165, 1.54) is 5.56 Å². The molecule has 0 aliphatic carbocycles. The van der Waals surface area contributed by atoms with E-state index in [0.717, 1.165) is 45.4 Å². The topological polar surface area (TPSA) is 0 Å². The Morgan fingerprint density at radius 1 is 0.571 bits per heavy atom. The molecular formula is C26H36F2. The molecule has 0 aliphatic rings. The molecule has 0 bridgehead atoms. The van der Waals surface area contributed by atoms with E-state index in [2.05, 4.69) is 27.7 Å². The molecule has 0 aliphatic heterocycles. The first-order chi connectivity index (χ1) is 13.0. The van der Waals surface area contributed by atoms with Crippen LogP contribution in [0.25, 0.3) is 11.1 Å². The smallest absolute Gasteiger partial charge is 0.130 e. The van der Waals surface area contributed by atoms with E-state index < -0.39 is 0 Å². The van der Waals surface area contributed by atoms with Crippen molar-refractivity contribution in [2.24, 2.45) is 0 Å². The van der Waals surface area contributed by atoms with Gasteiger partial charge in [-0.05, 0) is 108 Å². The summed E-state index contributed by atoms with van der Waals surface area (Å²) in [6.07, 6.45) is 1.46.